The third kappa shape index (κ3) is 3.94. The molecule has 124 valence electrons. The van der Waals surface area contributed by atoms with Gasteiger partial charge in [-0.15, -0.1) is 10.2 Å². The van der Waals surface area contributed by atoms with Crippen molar-refractivity contribution in [3.63, 3.8) is 0 Å². The first-order chi connectivity index (χ1) is 11.3. The summed E-state index contributed by atoms with van der Waals surface area (Å²) >= 11 is 1.31. The van der Waals surface area contributed by atoms with Crippen LogP contribution in [0.2, 0.25) is 0 Å². The van der Waals surface area contributed by atoms with E-state index in [1.807, 2.05) is 16.7 Å². The number of aromatic nitrogens is 3. The van der Waals surface area contributed by atoms with Crippen molar-refractivity contribution in [2.24, 2.45) is 0 Å². The molecule has 0 spiro atoms. The molecule has 1 aliphatic rings. The van der Waals surface area contributed by atoms with Crippen molar-refractivity contribution in [3.8, 4) is 11.6 Å². The van der Waals surface area contributed by atoms with E-state index in [1.165, 1.54) is 11.8 Å². The highest BCUT2D eigenvalue weighted by Gasteiger charge is 2.23. The molecular weight excluding hydrogens is 318 g/mol. The summed E-state index contributed by atoms with van der Waals surface area (Å²) in [6, 6.07) is 3.65. The number of nitrogens with zero attached hydrogens (tertiary/aromatic N) is 3. The van der Waals surface area contributed by atoms with Crippen LogP contribution in [-0.2, 0) is 20.8 Å². The molecule has 8 heteroatoms. The average Bonchev–Trinajstić information content (AvgIpc) is 3.28. The first-order valence-corrected chi connectivity index (χ1v) is 8.63. The normalized spacial score (nSPS) is 17.5. The highest BCUT2D eigenvalue weighted by molar-refractivity contribution is 7.99. The van der Waals surface area contributed by atoms with Crippen molar-refractivity contribution in [1.82, 2.24) is 14.8 Å². The third-order valence-corrected chi connectivity index (χ3v) is 4.43. The Balaban J connectivity index is 1.78. The molecule has 23 heavy (non-hydrogen) atoms. The maximum atomic E-state index is 11.6. The van der Waals surface area contributed by atoms with Crippen molar-refractivity contribution in [2.75, 3.05) is 19.0 Å². The van der Waals surface area contributed by atoms with Gasteiger partial charge in [-0.05, 0) is 31.9 Å². The Kier molecular flexibility index (Phi) is 5.35. The molecule has 0 radical (unpaired) electrons. The van der Waals surface area contributed by atoms with E-state index in [0.29, 0.717) is 29.9 Å². The van der Waals surface area contributed by atoms with Crippen molar-refractivity contribution in [1.29, 1.82) is 0 Å². The lowest BCUT2D eigenvalue weighted by atomic mass is 10.2. The first kappa shape index (κ1) is 16.1. The molecule has 0 N–H and O–H groups in total. The molecule has 1 aliphatic heterocycles. The molecule has 7 nitrogen and oxygen atoms in total. The van der Waals surface area contributed by atoms with E-state index in [1.54, 1.807) is 13.2 Å². The van der Waals surface area contributed by atoms with E-state index >= 15 is 0 Å². The van der Waals surface area contributed by atoms with Gasteiger partial charge in [-0.2, -0.15) is 0 Å². The monoisotopic (exact) mass is 337 g/mol. The van der Waals surface area contributed by atoms with Crippen LogP contribution >= 0.6 is 11.8 Å². The van der Waals surface area contributed by atoms with E-state index in [9.17, 15) is 4.79 Å². The summed E-state index contributed by atoms with van der Waals surface area (Å²) in [6.07, 6.45) is 3.82. The van der Waals surface area contributed by atoms with Crippen LogP contribution in [0.4, 0.5) is 0 Å². The van der Waals surface area contributed by atoms with Gasteiger partial charge in [0.15, 0.2) is 10.9 Å². The second-order valence-corrected chi connectivity index (χ2v) is 6.07. The highest BCUT2D eigenvalue weighted by atomic mass is 32.2. The number of rotatable bonds is 7. The van der Waals surface area contributed by atoms with Crippen LogP contribution in [0, 0.1) is 0 Å². The van der Waals surface area contributed by atoms with Crippen molar-refractivity contribution in [3.05, 3.63) is 18.4 Å². The second kappa shape index (κ2) is 7.65. The number of carbonyl (C=O) groups excluding carboxylic acids is 1. The van der Waals surface area contributed by atoms with Crippen LogP contribution in [0.1, 0.15) is 19.8 Å². The van der Waals surface area contributed by atoms with Crippen molar-refractivity contribution >= 4 is 17.7 Å². The Labute approximate surface area is 138 Å². The highest BCUT2D eigenvalue weighted by Crippen LogP contribution is 2.26. The van der Waals surface area contributed by atoms with Crippen LogP contribution in [0.3, 0.4) is 0 Å². The summed E-state index contributed by atoms with van der Waals surface area (Å²) < 4.78 is 18.1. The molecule has 0 aliphatic carbocycles. The molecule has 0 bridgehead atoms. The largest absolute Gasteiger partial charge is 0.465 e. The molecule has 0 amide bonds. The minimum Gasteiger partial charge on any atom is -0.465 e. The van der Waals surface area contributed by atoms with E-state index in [4.69, 9.17) is 13.9 Å². The number of hydrogen-bond donors (Lipinski definition) is 0. The first-order valence-electron chi connectivity index (χ1n) is 7.65. The lowest BCUT2D eigenvalue weighted by Gasteiger charge is -2.13. The standard InChI is InChI=1S/C15H19N3O4S/c1-2-20-13(19)10-23-15-17-16-14(12-6-4-8-22-12)18(15)9-11-5-3-7-21-11/h4,6,8,11H,2-3,5,7,9-10H2,1H3/t11-/m0/s1. The fraction of sp³-hybridized carbons (Fsp3) is 0.533. The number of ether oxygens (including phenoxy) is 2. The van der Waals surface area contributed by atoms with E-state index < -0.39 is 0 Å². The summed E-state index contributed by atoms with van der Waals surface area (Å²) in [6.45, 7) is 3.60. The molecule has 2 aromatic rings. The third-order valence-electron chi connectivity index (χ3n) is 3.49. The van der Waals surface area contributed by atoms with E-state index in [-0.39, 0.29) is 17.8 Å². The molecule has 1 atom stereocenters. The summed E-state index contributed by atoms with van der Waals surface area (Å²) in [5.74, 6) is 1.24. The second-order valence-electron chi connectivity index (χ2n) is 5.12. The lowest BCUT2D eigenvalue weighted by molar-refractivity contribution is -0.139. The number of thioether (sulfide) groups is 1. The molecule has 3 heterocycles. The lowest BCUT2D eigenvalue weighted by Crippen LogP contribution is -2.17. The maximum absolute atomic E-state index is 11.6. The zero-order valence-electron chi connectivity index (χ0n) is 12.9. The van der Waals surface area contributed by atoms with Gasteiger partial charge in [0.2, 0.25) is 5.82 Å². The molecular formula is C15H19N3O4S. The maximum Gasteiger partial charge on any atom is 0.316 e. The minimum atomic E-state index is -0.260. The average molecular weight is 337 g/mol. The van der Waals surface area contributed by atoms with Gasteiger partial charge in [0.25, 0.3) is 0 Å². The summed E-state index contributed by atoms with van der Waals surface area (Å²) in [7, 11) is 0. The minimum absolute atomic E-state index is 0.140. The number of hydrogen-bond acceptors (Lipinski definition) is 7. The van der Waals surface area contributed by atoms with Gasteiger partial charge < -0.3 is 13.9 Å². The summed E-state index contributed by atoms with van der Waals surface area (Å²) in [4.78, 5) is 11.6. The van der Waals surface area contributed by atoms with E-state index in [2.05, 4.69) is 10.2 Å². The van der Waals surface area contributed by atoms with Gasteiger partial charge in [0.1, 0.15) is 0 Å². The molecule has 0 unspecified atom stereocenters. The topological polar surface area (TPSA) is 79.4 Å². The van der Waals surface area contributed by atoms with Gasteiger partial charge in [0, 0.05) is 6.61 Å². The Morgan fingerprint density at radius 1 is 1.52 bits per heavy atom. The van der Waals surface area contributed by atoms with Gasteiger partial charge in [0.05, 0.1) is 31.3 Å². The number of esters is 1. The Morgan fingerprint density at radius 2 is 2.43 bits per heavy atom. The van der Waals surface area contributed by atoms with Crippen LogP contribution in [-0.4, -0.2) is 45.8 Å². The Morgan fingerprint density at radius 3 is 3.13 bits per heavy atom. The van der Waals surface area contributed by atoms with Crippen molar-refractivity contribution < 1.29 is 18.7 Å². The number of furan rings is 1. The van der Waals surface area contributed by atoms with Crippen molar-refractivity contribution in [2.45, 2.75) is 37.6 Å². The predicted molar refractivity (Wildman–Crippen MR) is 84.1 cm³/mol. The fourth-order valence-corrected chi connectivity index (χ4v) is 3.21. The zero-order valence-corrected chi connectivity index (χ0v) is 13.8. The van der Waals surface area contributed by atoms with Crippen LogP contribution < -0.4 is 0 Å². The molecule has 0 saturated carbocycles. The quantitative estimate of drug-likeness (QED) is 0.567. The van der Waals surface area contributed by atoms with Crippen LogP contribution in [0.15, 0.2) is 28.0 Å². The smallest absolute Gasteiger partial charge is 0.316 e. The molecule has 0 aromatic carbocycles. The van der Waals surface area contributed by atoms with Crippen LogP contribution in [0.25, 0.3) is 11.6 Å². The summed E-state index contributed by atoms with van der Waals surface area (Å²) in [5.41, 5.74) is 0. The fourth-order valence-electron chi connectivity index (χ4n) is 2.47. The number of carbonyl (C=O) groups is 1. The van der Waals surface area contributed by atoms with Gasteiger partial charge in [-0.3, -0.25) is 9.36 Å². The van der Waals surface area contributed by atoms with E-state index in [0.717, 1.165) is 19.4 Å². The predicted octanol–water partition coefficient (Wildman–Crippen LogP) is 2.37. The zero-order chi connectivity index (χ0) is 16.1. The van der Waals surface area contributed by atoms with Gasteiger partial charge in [-0.1, -0.05) is 11.8 Å². The molecule has 3 rings (SSSR count). The van der Waals surface area contributed by atoms with Gasteiger partial charge >= 0.3 is 5.97 Å². The SMILES string of the molecule is CCOC(=O)CSc1nnc(-c2ccco2)n1C[C@@H]1CCCO1. The molecule has 1 saturated heterocycles. The Hall–Kier alpha value is -1.80. The molecule has 1 fully saturated rings. The van der Waals surface area contributed by atoms with Gasteiger partial charge in [-0.25, -0.2) is 0 Å². The molecule has 2 aromatic heterocycles. The summed E-state index contributed by atoms with van der Waals surface area (Å²) in [5, 5.41) is 9.08. The Bertz CT molecular complexity index is 635. The van der Waals surface area contributed by atoms with Crippen LogP contribution in [0.5, 0.6) is 0 Å².